The number of hydrogen-bond acceptors (Lipinski definition) is 5. The van der Waals surface area contributed by atoms with Crippen LogP contribution in [0.3, 0.4) is 0 Å². The van der Waals surface area contributed by atoms with Crippen molar-refractivity contribution in [3.8, 4) is 0 Å². The number of nitrogens with one attached hydrogen (secondary N) is 2. The van der Waals surface area contributed by atoms with Crippen LogP contribution in [0.15, 0.2) is 6.07 Å². The Bertz CT molecular complexity index is 461. The molecule has 5 nitrogen and oxygen atoms in total. The minimum atomic E-state index is -0.681. The fourth-order valence-electron chi connectivity index (χ4n) is 1.80. The maximum absolute atomic E-state index is 11.3. The summed E-state index contributed by atoms with van der Waals surface area (Å²) in [5, 5.41) is 4.06. The van der Waals surface area contributed by atoms with Crippen molar-refractivity contribution in [1.29, 1.82) is 0 Å². The standard InChI is InChI=1S/C10H14Cl2N4OS/c11-7-5-8(12)10(16-13)15-9(7)14-6-1-3-18(17)4-2-6/h5-6H,1-4,13H2,(H2,14,15,16). The fraction of sp³-hybridized carbons (Fsp3) is 0.500. The highest BCUT2D eigenvalue weighted by atomic mass is 35.5. The molecule has 2 rings (SSSR count). The van der Waals surface area contributed by atoms with Gasteiger partial charge in [-0.25, -0.2) is 10.8 Å². The molecular formula is C10H14Cl2N4OS. The highest BCUT2D eigenvalue weighted by Crippen LogP contribution is 2.29. The lowest BCUT2D eigenvalue weighted by Gasteiger charge is -2.23. The first-order chi connectivity index (χ1) is 8.60. The van der Waals surface area contributed by atoms with Crippen LogP contribution < -0.4 is 16.6 Å². The Morgan fingerprint density at radius 2 is 1.89 bits per heavy atom. The van der Waals surface area contributed by atoms with Gasteiger partial charge in [0, 0.05) is 28.3 Å². The summed E-state index contributed by atoms with van der Waals surface area (Å²) < 4.78 is 11.3. The van der Waals surface area contributed by atoms with Gasteiger partial charge in [0.15, 0.2) is 5.82 Å². The van der Waals surface area contributed by atoms with E-state index in [4.69, 9.17) is 29.0 Å². The van der Waals surface area contributed by atoms with Gasteiger partial charge in [0.05, 0.1) is 10.0 Å². The number of pyridine rings is 1. The van der Waals surface area contributed by atoms with Crippen molar-refractivity contribution in [2.75, 3.05) is 22.2 Å². The van der Waals surface area contributed by atoms with E-state index >= 15 is 0 Å². The van der Waals surface area contributed by atoms with Gasteiger partial charge in [0.25, 0.3) is 0 Å². The molecule has 1 aromatic rings. The summed E-state index contributed by atoms with van der Waals surface area (Å²) in [6.07, 6.45) is 1.69. The average Bonchev–Trinajstić information content (AvgIpc) is 2.35. The molecule has 2 heterocycles. The van der Waals surface area contributed by atoms with Gasteiger partial charge < -0.3 is 10.7 Å². The van der Waals surface area contributed by atoms with Crippen molar-refractivity contribution < 1.29 is 4.21 Å². The summed E-state index contributed by atoms with van der Waals surface area (Å²) in [7, 11) is -0.681. The van der Waals surface area contributed by atoms with Crippen molar-refractivity contribution in [3.05, 3.63) is 16.1 Å². The normalized spacial score (nSPS) is 23.7. The highest BCUT2D eigenvalue weighted by molar-refractivity contribution is 7.85. The van der Waals surface area contributed by atoms with E-state index in [-0.39, 0.29) is 6.04 Å². The summed E-state index contributed by atoms with van der Waals surface area (Å²) in [4.78, 5) is 4.22. The topological polar surface area (TPSA) is 80.0 Å². The van der Waals surface area contributed by atoms with Crippen LogP contribution in [0.25, 0.3) is 0 Å². The molecule has 0 aliphatic carbocycles. The Hall–Kier alpha value is -0.560. The van der Waals surface area contributed by atoms with Crippen LogP contribution in [0.5, 0.6) is 0 Å². The van der Waals surface area contributed by atoms with Crippen LogP contribution in [0.2, 0.25) is 10.0 Å². The predicted octanol–water partition coefficient (Wildman–Crippen LogP) is 2.00. The van der Waals surface area contributed by atoms with E-state index < -0.39 is 10.8 Å². The third kappa shape index (κ3) is 3.26. The van der Waals surface area contributed by atoms with Gasteiger partial charge >= 0.3 is 0 Å². The first kappa shape index (κ1) is 13.9. The number of hydrogen-bond donors (Lipinski definition) is 3. The second-order valence-corrected chi connectivity index (χ2v) is 6.57. The molecule has 0 atom stereocenters. The van der Waals surface area contributed by atoms with Crippen LogP contribution in [0.4, 0.5) is 11.6 Å². The lowest BCUT2D eigenvalue weighted by Crippen LogP contribution is -2.30. The minimum Gasteiger partial charge on any atom is -0.366 e. The maximum atomic E-state index is 11.3. The van der Waals surface area contributed by atoms with Crippen molar-refractivity contribution in [3.63, 3.8) is 0 Å². The quantitative estimate of drug-likeness (QED) is 0.588. The molecule has 100 valence electrons. The molecule has 0 spiro atoms. The molecule has 1 aliphatic rings. The van der Waals surface area contributed by atoms with Gasteiger partial charge in [-0.1, -0.05) is 23.2 Å². The molecular weight excluding hydrogens is 295 g/mol. The van der Waals surface area contributed by atoms with Gasteiger partial charge in [0.1, 0.15) is 5.82 Å². The van der Waals surface area contributed by atoms with E-state index in [1.165, 1.54) is 0 Å². The fourth-order valence-corrected chi connectivity index (χ4v) is 3.57. The third-order valence-corrected chi connectivity index (χ3v) is 4.75. The Morgan fingerprint density at radius 1 is 1.28 bits per heavy atom. The largest absolute Gasteiger partial charge is 0.366 e. The Morgan fingerprint density at radius 3 is 2.50 bits per heavy atom. The molecule has 1 fully saturated rings. The minimum absolute atomic E-state index is 0.236. The van der Waals surface area contributed by atoms with Crippen LogP contribution in [0, 0.1) is 0 Å². The molecule has 0 saturated carbocycles. The summed E-state index contributed by atoms with van der Waals surface area (Å²) in [6, 6.07) is 1.83. The Labute approximate surface area is 118 Å². The molecule has 0 bridgehead atoms. The van der Waals surface area contributed by atoms with E-state index in [2.05, 4.69) is 15.7 Å². The Kier molecular flexibility index (Phi) is 4.66. The van der Waals surface area contributed by atoms with E-state index in [0.717, 1.165) is 12.8 Å². The Balaban J connectivity index is 2.11. The second-order valence-electron chi connectivity index (χ2n) is 4.06. The van der Waals surface area contributed by atoms with Gasteiger partial charge in [-0.05, 0) is 18.9 Å². The molecule has 1 aliphatic heterocycles. The average molecular weight is 309 g/mol. The summed E-state index contributed by atoms with van der Waals surface area (Å²) in [6.45, 7) is 0. The van der Waals surface area contributed by atoms with Crippen molar-refractivity contribution in [1.82, 2.24) is 4.98 Å². The number of hydrazine groups is 1. The predicted molar refractivity (Wildman–Crippen MR) is 76.6 cm³/mol. The number of rotatable bonds is 3. The highest BCUT2D eigenvalue weighted by Gasteiger charge is 2.19. The molecule has 0 amide bonds. The zero-order valence-electron chi connectivity index (χ0n) is 9.58. The zero-order chi connectivity index (χ0) is 13.1. The third-order valence-electron chi connectivity index (χ3n) is 2.80. The zero-order valence-corrected chi connectivity index (χ0v) is 11.9. The van der Waals surface area contributed by atoms with Gasteiger partial charge in [-0.3, -0.25) is 4.21 Å². The number of nitrogens with two attached hydrogens (primary N) is 1. The summed E-state index contributed by atoms with van der Waals surface area (Å²) in [5.74, 6) is 7.66. The molecule has 0 radical (unpaired) electrons. The number of nitrogens with zero attached hydrogens (tertiary/aromatic N) is 1. The molecule has 8 heteroatoms. The number of nitrogen functional groups attached to an aromatic ring is 1. The van der Waals surface area contributed by atoms with Crippen molar-refractivity contribution in [2.24, 2.45) is 5.84 Å². The smallest absolute Gasteiger partial charge is 0.161 e. The molecule has 0 aromatic carbocycles. The monoisotopic (exact) mass is 308 g/mol. The number of anilines is 2. The number of halogens is 2. The summed E-state index contributed by atoms with van der Waals surface area (Å²) in [5.41, 5.74) is 2.42. The van der Waals surface area contributed by atoms with E-state index in [1.807, 2.05) is 0 Å². The molecule has 1 aromatic heterocycles. The van der Waals surface area contributed by atoms with Crippen molar-refractivity contribution in [2.45, 2.75) is 18.9 Å². The molecule has 0 unspecified atom stereocenters. The molecule has 1 saturated heterocycles. The first-order valence-corrected chi connectivity index (χ1v) is 7.78. The van der Waals surface area contributed by atoms with Crippen LogP contribution >= 0.6 is 23.2 Å². The first-order valence-electron chi connectivity index (χ1n) is 5.54. The van der Waals surface area contributed by atoms with Crippen molar-refractivity contribution >= 4 is 45.6 Å². The number of aromatic nitrogens is 1. The SMILES string of the molecule is NNc1nc(NC2CCS(=O)CC2)c(Cl)cc1Cl. The van der Waals surface area contributed by atoms with Crippen LogP contribution in [-0.4, -0.2) is 26.7 Å². The maximum Gasteiger partial charge on any atom is 0.161 e. The summed E-state index contributed by atoms with van der Waals surface area (Å²) >= 11 is 12.0. The van der Waals surface area contributed by atoms with Crippen LogP contribution in [0.1, 0.15) is 12.8 Å². The van der Waals surface area contributed by atoms with E-state index in [0.29, 0.717) is 33.2 Å². The molecule has 18 heavy (non-hydrogen) atoms. The molecule has 4 N–H and O–H groups in total. The van der Waals surface area contributed by atoms with Gasteiger partial charge in [-0.15, -0.1) is 0 Å². The van der Waals surface area contributed by atoms with E-state index in [9.17, 15) is 4.21 Å². The second kappa shape index (κ2) is 6.06. The van der Waals surface area contributed by atoms with Crippen LogP contribution in [-0.2, 0) is 10.8 Å². The van der Waals surface area contributed by atoms with E-state index in [1.54, 1.807) is 6.07 Å². The van der Waals surface area contributed by atoms with Gasteiger partial charge in [-0.2, -0.15) is 0 Å². The van der Waals surface area contributed by atoms with Gasteiger partial charge in [0.2, 0.25) is 0 Å². The lowest BCUT2D eigenvalue weighted by atomic mass is 10.1. The lowest BCUT2D eigenvalue weighted by molar-refractivity contribution is 0.622.